The van der Waals surface area contributed by atoms with E-state index in [0.29, 0.717) is 11.8 Å². The Kier molecular flexibility index (Phi) is 5.31. The number of nitrogens with one attached hydrogen (secondary N) is 1. The Balaban J connectivity index is 1.79. The minimum atomic E-state index is -3.84. The van der Waals surface area contributed by atoms with Crippen LogP contribution in [-0.2, 0) is 10.0 Å². The zero-order chi connectivity index (χ0) is 21.3. The smallest absolute Gasteiger partial charge is 0.284 e. The predicted molar refractivity (Wildman–Crippen MR) is 124 cm³/mol. The van der Waals surface area contributed by atoms with Gasteiger partial charge in [-0.05, 0) is 48.2 Å². The summed E-state index contributed by atoms with van der Waals surface area (Å²) in [6.45, 7) is 6.24. The first-order valence-corrected chi connectivity index (χ1v) is 11.4. The van der Waals surface area contributed by atoms with Crippen LogP contribution in [0, 0.1) is 6.92 Å². The van der Waals surface area contributed by atoms with Crippen molar-refractivity contribution in [3.05, 3.63) is 95.1 Å². The van der Waals surface area contributed by atoms with Gasteiger partial charge in [-0.15, -0.1) is 4.40 Å². The highest BCUT2D eigenvalue weighted by atomic mass is 32.2. The highest BCUT2D eigenvalue weighted by molar-refractivity contribution is 7.90. The van der Waals surface area contributed by atoms with Gasteiger partial charge in [0.2, 0.25) is 0 Å². The van der Waals surface area contributed by atoms with E-state index in [1.54, 1.807) is 24.3 Å². The summed E-state index contributed by atoms with van der Waals surface area (Å²) in [6.07, 6.45) is 1.98. The molecule has 1 aliphatic heterocycles. The summed E-state index contributed by atoms with van der Waals surface area (Å²) in [4.78, 5) is 0.180. The Morgan fingerprint density at radius 2 is 1.57 bits per heavy atom. The van der Waals surface area contributed by atoms with Crippen molar-refractivity contribution < 1.29 is 8.42 Å². The van der Waals surface area contributed by atoms with Crippen molar-refractivity contribution in [2.45, 2.75) is 31.6 Å². The number of hydrogen-bond donors (Lipinski definition) is 1. The Morgan fingerprint density at radius 3 is 2.23 bits per heavy atom. The number of sulfonamides is 1. The zero-order valence-corrected chi connectivity index (χ0v) is 18.1. The number of nitrogens with zero attached hydrogens (tertiary/aromatic N) is 1. The number of benzene rings is 3. The van der Waals surface area contributed by atoms with Crippen LogP contribution in [0.25, 0.3) is 11.6 Å². The van der Waals surface area contributed by atoms with Gasteiger partial charge in [0, 0.05) is 16.8 Å². The van der Waals surface area contributed by atoms with Crippen LogP contribution in [0.1, 0.15) is 42.0 Å². The fraction of sp³-hybridized carbons (Fsp3) is 0.160. The number of hydrogen-bond acceptors (Lipinski definition) is 2. The van der Waals surface area contributed by atoms with Crippen molar-refractivity contribution in [1.82, 2.24) is 0 Å². The fourth-order valence-corrected chi connectivity index (χ4v) is 4.36. The number of rotatable bonds is 4. The third kappa shape index (κ3) is 4.07. The normalized spacial score (nSPS) is 16.1. The fourth-order valence-electron chi connectivity index (χ4n) is 3.39. The van der Waals surface area contributed by atoms with E-state index in [0.717, 1.165) is 28.0 Å². The Hall–Kier alpha value is -3.18. The molecule has 0 spiro atoms. The zero-order valence-electron chi connectivity index (χ0n) is 17.3. The molecule has 0 fully saturated rings. The van der Waals surface area contributed by atoms with Crippen molar-refractivity contribution in [3.63, 3.8) is 0 Å². The lowest BCUT2D eigenvalue weighted by molar-refractivity contribution is 0.598. The first-order valence-electron chi connectivity index (χ1n) is 9.93. The lowest BCUT2D eigenvalue weighted by atomic mass is 9.99. The summed E-state index contributed by atoms with van der Waals surface area (Å²) in [5, 5.41) is 3.17. The van der Waals surface area contributed by atoms with Gasteiger partial charge in [-0.2, -0.15) is 8.42 Å². The molecule has 0 bridgehead atoms. The minimum Gasteiger partial charge on any atom is -0.339 e. The second-order valence-electron chi connectivity index (χ2n) is 7.78. The molecule has 0 unspecified atom stereocenters. The molecule has 1 aliphatic rings. The third-order valence-electron chi connectivity index (χ3n) is 5.17. The first-order chi connectivity index (χ1) is 14.3. The summed E-state index contributed by atoms with van der Waals surface area (Å²) in [6, 6.07) is 22.8. The van der Waals surface area contributed by atoms with E-state index in [9.17, 15) is 8.42 Å². The third-order valence-corrected chi connectivity index (χ3v) is 6.46. The van der Waals surface area contributed by atoms with Gasteiger partial charge in [0.25, 0.3) is 10.0 Å². The van der Waals surface area contributed by atoms with Crippen molar-refractivity contribution in [2.24, 2.45) is 4.40 Å². The van der Waals surface area contributed by atoms with E-state index < -0.39 is 10.0 Å². The van der Waals surface area contributed by atoms with E-state index in [4.69, 9.17) is 0 Å². The molecule has 0 aliphatic carbocycles. The molecule has 3 aromatic carbocycles. The van der Waals surface area contributed by atoms with Crippen LogP contribution < -0.4 is 5.32 Å². The molecular formula is C25H24N2O2S. The van der Waals surface area contributed by atoms with Gasteiger partial charge in [0.1, 0.15) is 0 Å². The second kappa shape index (κ2) is 7.92. The number of amidine groups is 1. The number of anilines is 1. The molecular weight excluding hydrogens is 392 g/mol. The molecule has 30 heavy (non-hydrogen) atoms. The lowest BCUT2D eigenvalue weighted by Gasteiger charge is -2.06. The Bertz CT molecular complexity index is 1240. The molecule has 0 radical (unpaired) electrons. The number of aryl methyl sites for hydroxylation is 1. The molecule has 0 saturated heterocycles. The van der Waals surface area contributed by atoms with Crippen LogP contribution in [0.15, 0.2) is 82.1 Å². The summed E-state index contributed by atoms with van der Waals surface area (Å²) >= 11 is 0. The maximum absolute atomic E-state index is 12.9. The SMILES string of the molecule is Cc1ccc(S(=O)(=O)/N=C2\Nc3ccccc3C2=Cc2ccc(C(C)C)cc2)cc1. The van der Waals surface area contributed by atoms with Gasteiger partial charge in [-0.1, -0.05) is 74.0 Å². The maximum atomic E-state index is 12.9. The van der Waals surface area contributed by atoms with Gasteiger partial charge in [0.05, 0.1) is 4.90 Å². The topological polar surface area (TPSA) is 58.5 Å². The van der Waals surface area contributed by atoms with Crippen LogP contribution in [0.5, 0.6) is 0 Å². The van der Waals surface area contributed by atoms with Crippen LogP contribution in [0.4, 0.5) is 5.69 Å². The molecule has 3 aromatic rings. The quantitative estimate of drug-likeness (QED) is 0.578. The average molecular weight is 417 g/mol. The minimum absolute atomic E-state index is 0.180. The number of fused-ring (bicyclic) bond motifs is 1. The first kappa shape index (κ1) is 20.1. The van der Waals surface area contributed by atoms with Gasteiger partial charge in [0.15, 0.2) is 5.84 Å². The van der Waals surface area contributed by atoms with E-state index in [1.807, 2.05) is 37.3 Å². The number of para-hydroxylation sites is 1. The van der Waals surface area contributed by atoms with Crippen LogP contribution in [0.2, 0.25) is 0 Å². The average Bonchev–Trinajstić information content (AvgIpc) is 3.05. The molecule has 5 heteroatoms. The van der Waals surface area contributed by atoms with Crippen molar-refractivity contribution in [2.75, 3.05) is 5.32 Å². The standard InChI is InChI=1S/C25H24N2O2S/c1-17(2)20-12-10-19(11-13-20)16-23-22-6-4-5-7-24(22)26-25(23)27-30(28,29)21-14-8-18(3)9-15-21/h4-17H,1-3H3,(H,26,27). The van der Waals surface area contributed by atoms with Crippen molar-refractivity contribution in [1.29, 1.82) is 0 Å². The van der Waals surface area contributed by atoms with Gasteiger partial charge in [-0.3, -0.25) is 0 Å². The summed E-state index contributed by atoms with van der Waals surface area (Å²) in [7, 11) is -3.84. The summed E-state index contributed by atoms with van der Waals surface area (Å²) in [5.41, 5.74) is 5.80. The van der Waals surface area contributed by atoms with Crippen LogP contribution >= 0.6 is 0 Å². The van der Waals surface area contributed by atoms with E-state index >= 15 is 0 Å². The molecule has 1 N–H and O–H groups in total. The van der Waals surface area contributed by atoms with E-state index in [-0.39, 0.29) is 4.90 Å². The predicted octanol–water partition coefficient (Wildman–Crippen LogP) is 5.87. The molecule has 4 rings (SSSR count). The largest absolute Gasteiger partial charge is 0.339 e. The van der Waals surface area contributed by atoms with Crippen LogP contribution in [-0.4, -0.2) is 14.3 Å². The van der Waals surface area contributed by atoms with Gasteiger partial charge < -0.3 is 5.32 Å². The second-order valence-corrected chi connectivity index (χ2v) is 9.38. The monoisotopic (exact) mass is 416 g/mol. The molecule has 0 amide bonds. The molecule has 0 aromatic heterocycles. The molecule has 0 saturated carbocycles. The van der Waals surface area contributed by atoms with Gasteiger partial charge in [-0.25, -0.2) is 0 Å². The Morgan fingerprint density at radius 1 is 0.900 bits per heavy atom. The highest BCUT2D eigenvalue weighted by Gasteiger charge is 2.25. The van der Waals surface area contributed by atoms with E-state index in [2.05, 4.69) is 47.8 Å². The highest BCUT2D eigenvalue weighted by Crippen LogP contribution is 2.34. The van der Waals surface area contributed by atoms with Crippen molar-refractivity contribution in [3.8, 4) is 0 Å². The maximum Gasteiger partial charge on any atom is 0.284 e. The lowest BCUT2D eigenvalue weighted by Crippen LogP contribution is -2.10. The molecule has 4 nitrogen and oxygen atoms in total. The molecule has 0 atom stereocenters. The van der Waals surface area contributed by atoms with E-state index in [1.165, 1.54) is 5.56 Å². The van der Waals surface area contributed by atoms with Crippen LogP contribution in [0.3, 0.4) is 0 Å². The Labute approximate surface area is 178 Å². The van der Waals surface area contributed by atoms with Crippen molar-refractivity contribution >= 4 is 33.2 Å². The molecule has 152 valence electrons. The molecule has 1 heterocycles. The summed E-state index contributed by atoms with van der Waals surface area (Å²) < 4.78 is 30.0. The van der Waals surface area contributed by atoms with Gasteiger partial charge >= 0.3 is 0 Å². The summed E-state index contributed by atoms with van der Waals surface area (Å²) in [5.74, 6) is 0.794.